The molecule has 1 aromatic heterocycles. The van der Waals surface area contributed by atoms with Gasteiger partial charge in [0.15, 0.2) is 0 Å². The molecule has 0 bridgehead atoms. The van der Waals surface area contributed by atoms with Gasteiger partial charge in [-0.2, -0.15) is 0 Å². The summed E-state index contributed by atoms with van der Waals surface area (Å²) in [6.45, 7) is 6.23. The van der Waals surface area contributed by atoms with Gasteiger partial charge in [-0.3, -0.25) is 4.90 Å². The summed E-state index contributed by atoms with van der Waals surface area (Å²) in [5, 5.41) is 7.72. The second kappa shape index (κ2) is 5.77. The summed E-state index contributed by atoms with van der Waals surface area (Å²) in [6, 6.07) is 12.6. The van der Waals surface area contributed by atoms with Gasteiger partial charge in [-0.1, -0.05) is 35.5 Å². The molecule has 1 aliphatic rings. The number of hydrogen-bond acceptors (Lipinski definition) is 4. The van der Waals surface area contributed by atoms with Crippen molar-refractivity contribution in [1.82, 2.24) is 15.4 Å². The highest BCUT2D eigenvalue weighted by molar-refractivity contribution is 5.24. The summed E-state index contributed by atoms with van der Waals surface area (Å²) in [6.07, 6.45) is 2.79. The molecule has 4 nitrogen and oxygen atoms in total. The van der Waals surface area contributed by atoms with Gasteiger partial charge < -0.3 is 9.84 Å². The number of rotatable bonds is 3. The lowest BCUT2D eigenvalue weighted by molar-refractivity contribution is 0.208. The molecule has 1 aromatic carbocycles. The van der Waals surface area contributed by atoms with Crippen LogP contribution in [0.4, 0.5) is 0 Å². The Morgan fingerprint density at radius 3 is 2.90 bits per heavy atom. The first-order chi connectivity index (χ1) is 9.76. The first-order valence-electron chi connectivity index (χ1n) is 7.18. The van der Waals surface area contributed by atoms with Crippen molar-refractivity contribution in [1.29, 1.82) is 0 Å². The Kier molecular flexibility index (Phi) is 3.85. The van der Waals surface area contributed by atoms with Gasteiger partial charge in [0, 0.05) is 19.2 Å². The minimum absolute atomic E-state index is 0.0124. The lowest BCUT2D eigenvalue weighted by atomic mass is 9.91. The van der Waals surface area contributed by atoms with Crippen molar-refractivity contribution in [2.45, 2.75) is 25.4 Å². The largest absolute Gasteiger partial charge is 0.364 e. The molecule has 0 amide bonds. The zero-order chi connectivity index (χ0) is 13.8. The molecule has 2 heterocycles. The normalized spacial score (nSPS) is 24.4. The molecular weight excluding hydrogens is 250 g/mol. The highest BCUT2D eigenvalue weighted by Gasteiger charge is 2.30. The highest BCUT2D eigenvalue weighted by Crippen LogP contribution is 2.24. The molecular formula is C16H21N3O. The predicted octanol–water partition coefficient (Wildman–Crippen LogP) is 2.39. The van der Waals surface area contributed by atoms with E-state index < -0.39 is 0 Å². The number of hydrogen-bond donors (Lipinski definition) is 1. The lowest BCUT2D eigenvalue weighted by Gasteiger charge is -2.34. The maximum absolute atomic E-state index is 4.93. The van der Waals surface area contributed by atoms with Crippen LogP contribution in [0, 0.1) is 0 Å². The molecule has 20 heavy (non-hydrogen) atoms. The minimum Gasteiger partial charge on any atom is -0.364 e. The van der Waals surface area contributed by atoms with Crippen molar-refractivity contribution < 1.29 is 4.52 Å². The van der Waals surface area contributed by atoms with E-state index in [1.807, 2.05) is 6.07 Å². The predicted molar refractivity (Wildman–Crippen MR) is 78.2 cm³/mol. The summed E-state index contributed by atoms with van der Waals surface area (Å²) >= 11 is 0. The van der Waals surface area contributed by atoms with E-state index in [0.717, 1.165) is 38.3 Å². The van der Waals surface area contributed by atoms with Crippen LogP contribution in [0.5, 0.6) is 0 Å². The fourth-order valence-electron chi connectivity index (χ4n) is 2.93. The van der Waals surface area contributed by atoms with E-state index in [-0.39, 0.29) is 5.54 Å². The summed E-state index contributed by atoms with van der Waals surface area (Å²) in [5.74, 6) is 0. The summed E-state index contributed by atoms with van der Waals surface area (Å²) in [4.78, 5) is 2.45. The van der Waals surface area contributed by atoms with Crippen LogP contribution in [0.1, 0.15) is 24.6 Å². The van der Waals surface area contributed by atoms with Gasteiger partial charge in [-0.25, -0.2) is 0 Å². The first-order valence-corrected chi connectivity index (χ1v) is 7.18. The number of nitrogens with one attached hydrogen (secondary N) is 1. The van der Waals surface area contributed by atoms with E-state index in [4.69, 9.17) is 4.52 Å². The summed E-state index contributed by atoms with van der Waals surface area (Å²) in [7, 11) is 0. The Labute approximate surface area is 119 Å². The molecule has 1 atom stereocenters. The molecule has 1 unspecified atom stereocenters. The van der Waals surface area contributed by atoms with Crippen molar-refractivity contribution in [3.63, 3.8) is 0 Å². The van der Waals surface area contributed by atoms with Gasteiger partial charge in [-0.05, 0) is 32.0 Å². The molecule has 1 fully saturated rings. The Morgan fingerprint density at radius 1 is 1.30 bits per heavy atom. The molecule has 0 saturated carbocycles. The van der Waals surface area contributed by atoms with Gasteiger partial charge in [0.25, 0.3) is 0 Å². The Hall–Kier alpha value is -1.65. The van der Waals surface area contributed by atoms with E-state index >= 15 is 0 Å². The smallest absolute Gasteiger partial charge is 0.124 e. The van der Waals surface area contributed by atoms with Crippen LogP contribution in [0.2, 0.25) is 0 Å². The summed E-state index contributed by atoms with van der Waals surface area (Å²) < 4.78 is 4.93. The standard InChI is InChI=1S/C16H21N3O/c1-16(14-6-3-2-4-7-14)13-19(10-5-9-17-16)12-15-8-11-20-18-15/h2-4,6-8,11,17H,5,9-10,12-13H2,1H3. The van der Waals surface area contributed by atoms with Crippen LogP contribution in [0.3, 0.4) is 0 Å². The molecule has 106 valence electrons. The van der Waals surface area contributed by atoms with E-state index in [1.165, 1.54) is 5.56 Å². The van der Waals surface area contributed by atoms with Crippen LogP contribution in [-0.2, 0) is 12.1 Å². The van der Waals surface area contributed by atoms with Gasteiger partial charge in [-0.15, -0.1) is 0 Å². The quantitative estimate of drug-likeness (QED) is 0.930. The molecule has 0 radical (unpaired) electrons. The lowest BCUT2D eigenvalue weighted by Crippen LogP contribution is -2.46. The number of benzene rings is 1. The molecule has 0 aliphatic carbocycles. The van der Waals surface area contributed by atoms with Crippen molar-refractivity contribution in [2.24, 2.45) is 0 Å². The number of nitrogens with zero attached hydrogens (tertiary/aromatic N) is 2. The molecule has 4 heteroatoms. The van der Waals surface area contributed by atoms with E-state index in [0.29, 0.717) is 0 Å². The minimum atomic E-state index is -0.0124. The summed E-state index contributed by atoms with van der Waals surface area (Å²) in [5.41, 5.74) is 2.33. The van der Waals surface area contributed by atoms with Crippen molar-refractivity contribution in [2.75, 3.05) is 19.6 Å². The van der Waals surface area contributed by atoms with Crippen molar-refractivity contribution >= 4 is 0 Å². The third-order valence-corrected chi connectivity index (χ3v) is 3.99. The van der Waals surface area contributed by atoms with E-state index in [2.05, 4.69) is 52.6 Å². The zero-order valence-corrected chi connectivity index (χ0v) is 11.9. The zero-order valence-electron chi connectivity index (χ0n) is 11.9. The fourth-order valence-corrected chi connectivity index (χ4v) is 2.93. The van der Waals surface area contributed by atoms with Gasteiger partial charge in [0.05, 0.1) is 11.2 Å². The average Bonchev–Trinajstić information content (AvgIpc) is 2.90. The average molecular weight is 271 g/mol. The number of aromatic nitrogens is 1. The van der Waals surface area contributed by atoms with Crippen LogP contribution in [-0.4, -0.2) is 29.7 Å². The van der Waals surface area contributed by atoms with E-state index in [1.54, 1.807) is 6.26 Å². The Bertz CT molecular complexity index is 526. The van der Waals surface area contributed by atoms with Crippen molar-refractivity contribution in [3.8, 4) is 0 Å². The third-order valence-electron chi connectivity index (χ3n) is 3.99. The van der Waals surface area contributed by atoms with Crippen LogP contribution in [0.15, 0.2) is 47.2 Å². The fraction of sp³-hybridized carbons (Fsp3) is 0.438. The van der Waals surface area contributed by atoms with Crippen LogP contribution in [0.25, 0.3) is 0 Å². The molecule has 0 spiro atoms. The Morgan fingerprint density at radius 2 is 2.15 bits per heavy atom. The maximum Gasteiger partial charge on any atom is 0.124 e. The monoisotopic (exact) mass is 271 g/mol. The first kappa shape index (κ1) is 13.3. The van der Waals surface area contributed by atoms with E-state index in [9.17, 15) is 0 Å². The third kappa shape index (κ3) is 2.92. The molecule has 1 aliphatic heterocycles. The van der Waals surface area contributed by atoms with Gasteiger partial charge in [0.2, 0.25) is 0 Å². The molecule has 1 N–H and O–H groups in total. The second-order valence-electron chi connectivity index (χ2n) is 5.68. The molecule has 2 aromatic rings. The SMILES string of the molecule is CC1(c2ccccc2)CN(Cc2ccon2)CCCN1. The van der Waals surface area contributed by atoms with Crippen LogP contribution >= 0.6 is 0 Å². The highest BCUT2D eigenvalue weighted by atomic mass is 16.5. The molecule has 1 saturated heterocycles. The van der Waals surface area contributed by atoms with Gasteiger partial charge >= 0.3 is 0 Å². The maximum atomic E-state index is 4.93. The second-order valence-corrected chi connectivity index (χ2v) is 5.68. The topological polar surface area (TPSA) is 41.3 Å². The van der Waals surface area contributed by atoms with Crippen molar-refractivity contribution in [3.05, 3.63) is 53.9 Å². The van der Waals surface area contributed by atoms with Gasteiger partial charge in [0.1, 0.15) is 6.26 Å². The molecule has 3 rings (SSSR count). The Balaban J connectivity index is 1.78. The van der Waals surface area contributed by atoms with Crippen LogP contribution < -0.4 is 5.32 Å².